The fraction of sp³-hybridized carbons (Fsp3) is 0.0588. The maximum Gasteiger partial charge on any atom is 0.116 e. The zero-order valence-corrected chi connectivity index (χ0v) is 19.5. The summed E-state index contributed by atoms with van der Waals surface area (Å²) in [5.74, 6) is 0.292. The first kappa shape index (κ1) is 20.1. The molecule has 1 atom stereocenters. The van der Waals surface area contributed by atoms with Crippen LogP contribution in [-0.2, 0) is 5.41 Å². The Balaban J connectivity index is 1.52. The van der Waals surface area contributed by atoms with Gasteiger partial charge in [0.1, 0.15) is 5.75 Å². The molecule has 1 unspecified atom stereocenters. The fourth-order valence-electron chi connectivity index (χ4n) is 6.04. The van der Waals surface area contributed by atoms with Gasteiger partial charge in [0.25, 0.3) is 0 Å². The van der Waals surface area contributed by atoms with Gasteiger partial charge in [0, 0.05) is 5.41 Å². The van der Waals surface area contributed by atoms with Gasteiger partial charge in [0.05, 0.1) is 0 Å². The average Bonchev–Trinajstić information content (AvgIpc) is 3.15. The van der Waals surface area contributed by atoms with Crippen molar-refractivity contribution in [2.75, 3.05) is 0 Å². The van der Waals surface area contributed by atoms with E-state index in [0.717, 1.165) is 16.3 Å². The van der Waals surface area contributed by atoms with Crippen LogP contribution >= 0.6 is 0 Å². The molecule has 6 aromatic carbocycles. The molecule has 1 nitrogen and oxygen atoms in total. The van der Waals surface area contributed by atoms with Crippen molar-refractivity contribution in [2.24, 2.45) is 0 Å². The fourth-order valence-corrected chi connectivity index (χ4v) is 6.04. The highest BCUT2D eigenvalue weighted by atomic mass is 16.3. The first-order valence-corrected chi connectivity index (χ1v) is 12.1. The first-order chi connectivity index (χ1) is 17.1. The molecule has 0 amide bonds. The third kappa shape index (κ3) is 2.88. The van der Waals surface area contributed by atoms with Crippen molar-refractivity contribution in [3.63, 3.8) is 0 Å². The highest BCUT2D eigenvalue weighted by Gasteiger charge is 2.42. The summed E-state index contributed by atoms with van der Waals surface area (Å²) >= 11 is 0. The minimum absolute atomic E-state index is 0.291. The van der Waals surface area contributed by atoms with Crippen molar-refractivity contribution in [1.82, 2.24) is 0 Å². The molecule has 0 fully saturated rings. The zero-order chi connectivity index (χ0) is 23.6. The largest absolute Gasteiger partial charge is 0.508 e. The summed E-state index contributed by atoms with van der Waals surface area (Å²) in [6.07, 6.45) is 0. The molecule has 35 heavy (non-hydrogen) atoms. The summed E-state index contributed by atoms with van der Waals surface area (Å²) in [7, 11) is 0. The Kier molecular flexibility index (Phi) is 4.19. The van der Waals surface area contributed by atoms with Crippen LogP contribution in [0.5, 0.6) is 5.75 Å². The van der Waals surface area contributed by atoms with Gasteiger partial charge >= 0.3 is 0 Å². The first-order valence-electron chi connectivity index (χ1n) is 12.1. The second kappa shape index (κ2) is 7.32. The van der Waals surface area contributed by atoms with Gasteiger partial charge in [-0.25, -0.2) is 0 Å². The van der Waals surface area contributed by atoms with E-state index in [2.05, 4.69) is 110 Å². The maximum atomic E-state index is 10.1. The molecule has 0 aliphatic heterocycles. The van der Waals surface area contributed by atoms with Crippen LogP contribution in [0.25, 0.3) is 43.8 Å². The average molecular weight is 449 g/mol. The van der Waals surface area contributed by atoms with Crippen molar-refractivity contribution < 1.29 is 5.11 Å². The second-order valence-corrected chi connectivity index (χ2v) is 9.71. The molecule has 6 aromatic rings. The number of phenolic OH excluding ortho intramolecular Hbond substituents is 1. The predicted molar refractivity (Wildman–Crippen MR) is 146 cm³/mol. The SMILES string of the molecule is CC1(c2ccccc2-c2ccc3ccc(O)cc3c2)c2ccccc2-c2cc3ccccc3cc21. The van der Waals surface area contributed by atoms with E-state index < -0.39 is 0 Å². The van der Waals surface area contributed by atoms with Crippen molar-refractivity contribution in [1.29, 1.82) is 0 Å². The number of benzene rings is 6. The Bertz CT molecular complexity index is 1780. The Morgan fingerprint density at radius 2 is 1.09 bits per heavy atom. The van der Waals surface area contributed by atoms with Gasteiger partial charge < -0.3 is 5.11 Å². The van der Waals surface area contributed by atoms with E-state index in [-0.39, 0.29) is 5.41 Å². The molecule has 0 spiro atoms. The van der Waals surface area contributed by atoms with Gasteiger partial charge in [-0.2, -0.15) is 0 Å². The quantitative estimate of drug-likeness (QED) is 0.281. The van der Waals surface area contributed by atoms with Gasteiger partial charge in [-0.05, 0) is 97.7 Å². The zero-order valence-electron chi connectivity index (χ0n) is 19.5. The van der Waals surface area contributed by atoms with E-state index >= 15 is 0 Å². The molecule has 1 aliphatic rings. The van der Waals surface area contributed by atoms with Crippen molar-refractivity contribution in [3.05, 3.63) is 138 Å². The minimum atomic E-state index is -0.291. The lowest BCUT2D eigenvalue weighted by molar-refractivity contribution is 0.476. The van der Waals surface area contributed by atoms with E-state index in [1.54, 1.807) is 6.07 Å². The number of fused-ring (bicyclic) bond motifs is 5. The summed E-state index contributed by atoms with van der Waals surface area (Å²) in [4.78, 5) is 0. The molecule has 0 radical (unpaired) electrons. The van der Waals surface area contributed by atoms with E-state index in [1.807, 2.05) is 12.1 Å². The van der Waals surface area contributed by atoms with Gasteiger partial charge in [-0.15, -0.1) is 0 Å². The van der Waals surface area contributed by atoms with Crippen LogP contribution < -0.4 is 0 Å². The normalized spacial score (nSPS) is 16.4. The summed E-state index contributed by atoms with van der Waals surface area (Å²) < 4.78 is 0. The topological polar surface area (TPSA) is 20.2 Å². The third-order valence-corrected chi connectivity index (χ3v) is 7.78. The Morgan fingerprint density at radius 3 is 1.89 bits per heavy atom. The smallest absolute Gasteiger partial charge is 0.116 e. The van der Waals surface area contributed by atoms with Crippen LogP contribution in [0.15, 0.2) is 121 Å². The molecule has 1 heteroatoms. The molecular formula is C34H24O. The number of hydrogen-bond donors (Lipinski definition) is 1. The molecule has 0 aromatic heterocycles. The van der Waals surface area contributed by atoms with E-state index in [9.17, 15) is 5.11 Å². The van der Waals surface area contributed by atoms with Gasteiger partial charge in [-0.3, -0.25) is 0 Å². The summed E-state index contributed by atoms with van der Waals surface area (Å²) in [5.41, 5.74) is 8.71. The monoisotopic (exact) mass is 448 g/mol. The molecule has 1 aliphatic carbocycles. The predicted octanol–water partition coefficient (Wildman–Crippen LogP) is 8.70. The van der Waals surface area contributed by atoms with Crippen LogP contribution in [-0.4, -0.2) is 5.11 Å². The number of rotatable bonds is 2. The van der Waals surface area contributed by atoms with Crippen molar-refractivity contribution in [2.45, 2.75) is 12.3 Å². The minimum Gasteiger partial charge on any atom is -0.508 e. The lowest BCUT2D eigenvalue weighted by Gasteiger charge is -2.31. The molecule has 166 valence electrons. The van der Waals surface area contributed by atoms with Crippen LogP contribution in [0.4, 0.5) is 0 Å². The van der Waals surface area contributed by atoms with Crippen LogP contribution in [0.3, 0.4) is 0 Å². The molecule has 1 N–H and O–H groups in total. The highest BCUT2D eigenvalue weighted by Crippen LogP contribution is 2.55. The standard InChI is InChI=1S/C34H24O/c1-34(31-12-6-4-10-28(31)25-15-14-22-16-17-27(35)19-26(22)18-25)32-13-7-5-11-29(32)30-20-23-8-2-3-9-24(23)21-33(30)34/h2-21,35H,1H3. The molecule has 0 heterocycles. The Labute approximate surface area is 204 Å². The lowest BCUT2D eigenvalue weighted by atomic mass is 9.71. The van der Waals surface area contributed by atoms with Crippen molar-refractivity contribution >= 4 is 21.5 Å². The van der Waals surface area contributed by atoms with E-state index in [0.29, 0.717) is 5.75 Å². The number of hydrogen-bond acceptors (Lipinski definition) is 1. The highest BCUT2D eigenvalue weighted by molar-refractivity contribution is 5.96. The van der Waals surface area contributed by atoms with Crippen LogP contribution in [0.2, 0.25) is 0 Å². The van der Waals surface area contributed by atoms with Gasteiger partial charge in [-0.1, -0.05) is 91.0 Å². The third-order valence-electron chi connectivity index (χ3n) is 7.78. The molecule has 0 saturated heterocycles. The summed E-state index contributed by atoms with van der Waals surface area (Å²) in [6.45, 7) is 2.37. The second-order valence-electron chi connectivity index (χ2n) is 9.71. The van der Waals surface area contributed by atoms with Gasteiger partial charge in [0.2, 0.25) is 0 Å². The molecule has 7 rings (SSSR count). The lowest BCUT2D eigenvalue weighted by Crippen LogP contribution is -2.23. The summed E-state index contributed by atoms with van der Waals surface area (Å²) in [6, 6.07) is 43.1. The van der Waals surface area contributed by atoms with Crippen LogP contribution in [0.1, 0.15) is 23.6 Å². The molecule has 0 bridgehead atoms. The number of phenols is 1. The van der Waals surface area contributed by atoms with E-state index in [4.69, 9.17) is 0 Å². The van der Waals surface area contributed by atoms with Crippen LogP contribution in [0, 0.1) is 0 Å². The Morgan fingerprint density at radius 1 is 0.457 bits per heavy atom. The molecular weight excluding hydrogens is 424 g/mol. The summed E-state index contributed by atoms with van der Waals surface area (Å²) in [5, 5.41) is 14.8. The van der Waals surface area contributed by atoms with E-state index in [1.165, 1.54) is 44.2 Å². The number of aromatic hydroxyl groups is 1. The Hall–Kier alpha value is -4.36. The molecule has 0 saturated carbocycles. The maximum absolute atomic E-state index is 10.1. The van der Waals surface area contributed by atoms with Crippen molar-refractivity contribution in [3.8, 4) is 28.0 Å². The van der Waals surface area contributed by atoms with Gasteiger partial charge in [0.15, 0.2) is 0 Å².